The zero-order valence-corrected chi connectivity index (χ0v) is 39.4. The lowest BCUT2D eigenvalue weighted by Crippen LogP contribution is -2.58. The molecule has 1 fully saturated rings. The van der Waals surface area contributed by atoms with E-state index in [9.17, 15) is 14.4 Å². The Kier molecular flexibility index (Phi) is 18.2. The molecule has 0 spiro atoms. The average molecular weight is 909 g/mol. The number of anilines is 1. The Labute approximate surface area is 387 Å². The highest BCUT2D eigenvalue weighted by atomic mass is 32.1. The predicted molar refractivity (Wildman–Crippen MR) is 255 cm³/mol. The van der Waals surface area contributed by atoms with Crippen molar-refractivity contribution in [3.63, 3.8) is 0 Å². The summed E-state index contributed by atoms with van der Waals surface area (Å²) < 4.78 is 28.4. The first-order valence-electron chi connectivity index (χ1n) is 22.4. The van der Waals surface area contributed by atoms with Gasteiger partial charge in [0.25, 0.3) is 0 Å². The topological polar surface area (TPSA) is 154 Å². The monoisotopic (exact) mass is 908 g/mol. The number of nitrogens with zero attached hydrogens (tertiary/aromatic N) is 4. The molecule has 5 aromatic rings. The number of aryl methyl sites for hydroxylation is 1. The van der Waals surface area contributed by atoms with Crippen LogP contribution in [0.3, 0.4) is 0 Å². The number of likely N-dealkylation sites (tertiary alicyclic amines) is 1. The van der Waals surface area contributed by atoms with Gasteiger partial charge in [0.05, 0.1) is 73.5 Å². The summed E-state index contributed by atoms with van der Waals surface area (Å²) in [4.78, 5) is 54.1. The van der Waals surface area contributed by atoms with Crippen LogP contribution in [0, 0.1) is 12.3 Å². The fraction of sp³-hybridized carbons (Fsp3) is 0.460. The summed E-state index contributed by atoms with van der Waals surface area (Å²) in [5, 5.41) is 6.91. The highest BCUT2D eigenvalue weighted by molar-refractivity contribution is 7.13. The van der Waals surface area contributed by atoms with E-state index in [2.05, 4.69) is 50.8 Å². The summed E-state index contributed by atoms with van der Waals surface area (Å²) in [7, 11) is 4.06. The summed E-state index contributed by atoms with van der Waals surface area (Å²) in [5.74, 6) is -0.0879. The highest BCUT2D eigenvalue weighted by Crippen LogP contribution is 2.29. The maximum absolute atomic E-state index is 13.9. The van der Waals surface area contributed by atoms with E-state index in [4.69, 9.17) is 28.7 Å². The largest absolute Gasteiger partial charge is 0.493 e. The zero-order valence-electron chi connectivity index (χ0n) is 38.6. The van der Waals surface area contributed by atoms with Crippen molar-refractivity contribution >= 4 is 45.6 Å². The number of carbonyl (C=O) groups is 3. The number of carbonyl (C=O) groups excluding carboxylic acids is 3. The van der Waals surface area contributed by atoms with Crippen molar-refractivity contribution in [1.82, 2.24) is 25.5 Å². The van der Waals surface area contributed by atoms with Crippen LogP contribution >= 0.6 is 11.3 Å². The Bertz CT molecular complexity index is 2300. The van der Waals surface area contributed by atoms with Gasteiger partial charge in [-0.1, -0.05) is 63.2 Å². The Balaban J connectivity index is 0.783. The minimum absolute atomic E-state index is 0.203. The van der Waals surface area contributed by atoms with Crippen molar-refractivity contribution < 1.29 is 38.1 Å². The van der Waals surface area contributed by atoms with Gasteiger partial charge in [-0.2, -0.15) is 0 Å². The quantitative estimate of drug-likeness (QED) is 0.0612. The second-order valence-electron chi connectivity index (χ2n) is 17.3. The average Bonchev–Trinajstić information content (AvgIpc) is 3.98. The number of amides is 3. The molecule has 2 aromatic heterocycles. The fourth-order valence-electron chi connectivity index (χ4n) is 7.44. The zero-order chi connectivity index (χ0) is 46.2. The third kappa shape index (κ3) is 14.5. The van der Waals surface area contributed by atoms with Crippen LogP contribution in [0.2, 0.25) is 0 Å². The third-order valence-electron chi connectivity index (χ3n) is 11.1. The van der Waals surface area contributed by atoms with Crippen molar-refractivity contribution in [3.05, 3.63) is 95.6 Å². The minimum atomic E-state index is -0.832. The van der Waals surface area contributed by atoms with Gasteiger partial charge in [0, 0.05) is 56.8 Å². The van der Waals surface area contributed by atoms with Gasteiger partial charge in [-0.15, -0.1) is 11.3 Å². The Morgan fingerprint density at radius 3 is 2.17 bits per heavy atom. The Morgan fingerprint density at radius 1 is 0.831 bits per heavy atom. The lowest BCUT2D eigenvalue weighted by atomic mass is 9.85. The second kappa shape index (κ2) is 24.2. The van der Waals surface area contributed by atoms with Crippen LogP contribution < -0.4 is 20.3 Å². The number of hydrogen-bond donors (Lipinski definition) is 2. The highest BCUT2D eigenvalue weighted by Gasteiger charge is 2.41. The number of aromatic nitrogens is 2. The standard InChI is InChI=1S/C50H64N6O8S/c1-35-46(65-34-52-35)38-12-10-36(11-13-38)32-51-48(58)44-9-7-22-56(44)49(59)47(50(2,3)4)54-45(57)33-63-30-29-62-28-27-61-26-25-60-23-8-24-64-41-19-21-43-39(31-41)16-20-42(53-43)37-14-17-40(18-15-37)55(5)6/h10-21,31,34,44,47H,7-9,22-30,32-33H2,1-6H3,(H,51,58)(H,54,57)/t44-,47?/m0/s1. The Hall–Kier alpha value is -5.45. The first-order valence-corrected chi connectivity index (χ1v) is 23.2. The van der Waals surface area contributed by atoms with Crippen LogP contribution in [0.1, 0.15) is 51.3 Å². The predicted octanol–water partition coefficient (Wildman–Crippen LogP) is 7.07. The van der Waals surface area contributed by atoms with Gasteiger partial charge in [-0.3, -0.25) is 14.4 Å². The molecule has 6 rings (SSSR count). The number of thiazole rings is 1. The van der Waals surface area contributed by atoms with E-state index < -0.39 is 23.4 Å². The van der Waals surface area contributed by atoms with Crippen LogP contribution in [0.25, 0.3) is 32.6 Å². The molecule has 2 N–H and O–H groups in total. The molecule has 1 unspecified atom stereocenters. The molecule has 2 atom stereocenters. The molecule has 15 heteroatoms. The first kappa shape index (κ1) is 49.0. The van der Waals surface area contributed by atoms with Gasteiger partial charge in [-0.25, -0.2) is 9.97 Å². The van der Waals surface area contributed by atoms with Gasteiger partial charge in [0.2, 0.25) is 17.7 Å². The number of pyridine rings is 1. The van der Waals surface area contributed by atoms with Crippen LogP contribution in [0.15, 0.2) is 84.4 Å². The molecular formula is C50H64N6O8S. The lowest BCUT2D eigenvalue weighted by molar-refractivity contribution is -0.144. The van der Waals surface area contributed by atoms with E-state index in [1.807, 2.05) is 95.8 Å². The summed E-state index contributed by atoms with van der Waals surface area (Å²) in [6.45, 7) is 11.5. The normalized spacial score (nSPS) is 14.4. The van der Waals surface area contributed by atoms with E-state index in [1.54, 1.807) is 16.2 Å². The molecule has 0 bridgehead atoms. The number of benzene rings is 3. The van der Waals surface area contributed by atoms with E-state index in [1.165, 1.54) is 0 Å². The molecule has 1 aliphatic heterocycles. The fourth-order valence-corrected chi connectivity index (χ4v) is 8.25. The van der Waals surface area contributed by atoms with E-state index in [0.717, 1.165) is 61.7 Å². The number of rotatable bonds is 24. The van der Waals surface area contributed by atoms with Crippen LogP contribution in [0.4, 0.5) is 5.69 Å². The van der Waals surface area contributed by atoms with Crippen LogP contribution in [-0.4, -0.2) is 125 Å². The van der Waals surface area contributed by atoms with Crippen molar-refractivity contribution in [2.24, 2.45) is 5.41 Å². The summed E-state index contributed by atoms with van der Waals surface area (Å²) in [6, 6.07) is 25.0. The molecule has 3 aromatic carbocycles. The third-order valence-corrected chi connectivity index (χ3v) is 12.1. The van der Waals surface area contributed by atoms with Gasteiger partial charge in [-0.05, 0) is 72.7 Å². The first-order chi connectivity index (χ1) is 31.4. The van der Waals surface area contributed by atoms with Crippen molar-refractivity contribution in [1.29, 1.82) is 0 Å². The molecule has 0 aliphatic carbocycles. The summed E-state index contributed by atoms with van der Waals surface area (Å²) in [6.07, 6.45) is 2.02. The van der Waals surface area contributed by atoms with Gasteiger partial charge in [0.15, 0.2) is 0 Å². The van der Waals surface area contributed by atoms with Gasteiger partial charge in [0.1, 0.15) is 24.4 Å². The van der Waals surface area contributed by atoms with E-state index in [-0.39, 0.29) is 31.6 Å². The molecule has 14 nitrogen and oxygen atoms in total. The molecule has 65 heavy (non-hydrogen) atoms. The molecule has 348 valence electrons. The van der Waals surface area contributed by atoms with Crippen molar-refractivity contribution in [2.75, 3.05) is 85.0 Å². The van der Waals surface area contributed by atoms with Gasteiger partial charge >= 0.3 is 0 Å². The maximum atomic E-state index is 13.9. The molecule has 3 heterocycles. The number of hydrogen-bond acceptors (Lipinski definition) is 12. The molecule has 1 saturated heterocycles. The summed E-state index contributed by atoms with van der Waals surface area (Å²) >= 11 is 1.60. The second-order valence-corrected chi connectivity index (χ2v) is 18.2. The lowest BCUT2D eigenvalue weighted by Gasteiger charge is -2.35. The SMILES string of the molecule is Cc1ncsc1-c1ccc(CNC(=O)[C@@H]2CCCN2C(=O)C(NC(=O)COCCOCCOCCOCCCOc2ccc3nc(-c4ccc(N(C)C)cc4)ccc3c2)C(C)(C)C)cc1. The molecular weight excluding hydrogens is 845 g/mol. The van der Waals surface area contributed by atoms with E-state index in [0.29, 0.717) is 65.6 Å². The van der Waals surface area contributed by atoms with Crippen LogP contribution in [-0.2, 0) is 39.9 Å². The van der Waals surface area contributed by atoms with Crippen LogP contribution in [0.5, 0.6) is 5.75 Å². The number of ether oxygens (including phenoxy) is 5. The summed E-state index contributed by atoms with van der Waals surface area (Å²) in [5.41, 5.74) is 8.36. The number of fused-ring (bicyclic) bond motifs is 1. The van der Waals surface area contributed by atoms with Crippen molar-refractivity contribution in [3.8, 4) is 27.4 Å². The number of nitrogens with one attached hydrogen (secondary N) is 2. The molecule has 0 radical (unpaired) electrons. The molecule has 1 aliphatic rings. The van der Waals surface area contributed by atoms with Gasteiger partial charge < -0.3 is 44.1 Å². The minimum Gasteiger partial charge on any atom is -0.493 e. The molecule has 3 amide bonds. The molecule has 0 saturated carbocycles. The van der Waals surface area contributed by atoms with Crippen molar-refractivity contribution in [2.45, 2.75) is 65.6 Å². The Morgan fingerprint density at radius 2 is 1.51 bits per heavy atom. The van der Waals surface area contributed by atoms with E-state index >= 15 is 0 Å². The smallest absolute Gasteiger partial charge is 0.246 e. The maximum Gasteiger partial charge on any atom is 0.246 e.